The minimum atomic E-state index is -1.05. The molecule has 1 aliphatic carbocycles. The van der Waals surface area contributed by atoms with Gasteiger partial charge in [0.15, 0.2) is 0 Å². The normalized spacial score (nSPS) is 22.6. The number of halogens is 1. The zero-order valence-corrected chi connectivity index (χ0v) is 12.2. The zero-order chi connectivity index (χ0) is 15.2. The Bertz CT molecular complexity index is 517. The molecular weight excluding hydrogens is 271 g/mol. The van der Waals surface area contributed by atoms with Crippen molar-refractivity contribution < 1.29 is 19.0 Å². The third-order valence-corrected chi connectivity index (χ3v) is 3.85. The van der Waals surface area contributed by atoms with E-state index in [0.717, 1.165) is 30.4 Å². The van der Waals surface area contributed by atoms with Crippen molar-refractivity contribution in [3.8, 4) is 0 Å². The maximum Gasteiger partial charge on any atom is 0.328 e. The smallest absolute Gasteiger partial charge is 0.328 e. The van der Waals surface area contributed by atoms with Crippen LogP contribution >= 0.6 is 0 Å². The van der Waals surface area contributed by atoms with Crippen LogP contribution in [0.5, 0.6) is 0 Å². The molecule has 0 atom stereocenters. The van der Waals surface area contributed by atoms with Crippen molar-refractivity contribution in [3.05, 3.63) is 41.2 Å². The molecule has 1 aromatic rings. The van der Waals surface area contributed by atoms with Crippen LogP contribution in [-0.2, 0) is 16.1 Å². The summed E-state index contributed by atoms with van der Waals surface area (Å²) in [7, 11) is 0. The van der Waals surface area contributed by atoms with E-state index >= 15 is 0 Å². The van der Waals surface area contributed by atoms with Crippen LogP contribution in [0.2, 0.25) is 0 Å². The van der Waals surface area contributed by atoms with E-state index in [2.05, 4.69) is 6.92 Å². The Hall–Kier alpha value is -1.68. The van der Waals surface area contributed by atoms with Crippen LogP contribution in [-0.4, -0.2) is 17.2 Å². The van der Waals surface area contributed by atoms with Crippen LogP contribution in [0.15, 0.2) is 24.3 Å². The van der Waals surface area contributed by atoms with E-state index in [1.807, 2.05) is 0 Å². The van der Waals surface area contributed by atoms with Gasteiger partial charge in [-0.2, -0.15) is 0 Å². The summed E-state index contributed by atoms with van der Waals surface area (Å²) in [6.07, 6.45) is 7.12. The lowest BCUT2D eigenvalue weighted by Gasteiger charge is -2.26. The summed E-state index contributed by atoms with van der Waals surface area (Å²) in [6, 6.07) is 4.50. The molecule has 1 aromatic carbocycles. The fourth-order valence-electron chi connectivity index (χ4n) is 2.63. The van der Waals surface area contributed by atoms with Gasteiger partial charge < -0.3 is 9.84 Å². The molecule has 0 saturated heterocycles. The van der Waals surface area contributed by atoms with Crippen LogP contribution < -0.4 is 0 Å². The first-order valence-corrected chi connectivity index (χ1v) is 7.35. The standard InChI is InChI=1S/C17H21FO3/c1-12-2-5-16(6-3-12)21-11-14-8-13(4-7-17(19)20)9-15(18)10-14/h4,7-10,12,16H,2-3,5-6,11H2,1H3,(H,19,20). The molecule has 1 fully saturated rings. The molecule has 0 radical (unpaired) electrons. The Balaban J connectivity index is 1.95. The number of rotatable bonds is 5. The van der Waals surface area contributed by atoms with Crippen LogP contribution in [0.3, 0.4) is 0 Å². The van der Waals surface area contributed by atoms with Gasteiger partial charge in [0.1, 0.15) is 5.82 Å². The monoisotopic (exact) mass is 292 g/mol. The average Bonchev–Trinajstić information content (AvgIpc) is 2.44. The van der Waals surface area contributed by atoms with E-state index in [-0.39, 0.29) is 11.9 Å². The van der Waals surface area contributed by atoms with E-state index in [4.69, 9.17) is 9.84 Å². The minimum Gasteiger partial charge on any atom is -0.478 e. The number of carbonyl (C=O) groups is 1. The Morgan fingerprint density at radius 1 is 1.33 bits per heavy atom. The fraction of sp³-hybridized carbons (Fsp3) is 0.471. The second kappa shape index (κ2) is 7.36. The highest BCUT2D eigenvalue weighted by molar-refractivity contribution is 5.85. The minimum absolute atomic E-state index is 0.252. The molecule has 0 aliphatic heterocycles. The lowest BCUT2D eigenvalue weighted by atomic mass is 9.89. The highest BCUT2D eigenvalue weighted by Crippen LogP contribution is 2.26. The summed E-state index contributed by atoms with van der Waals surface area (Å²) >= 11 is 0. The largest absolute Gasteiger partial charge is 0.478 e. The van der Waals surface area contributed by atoms with Gasteiger partial charge in [-0.15, -0.1) is 0 Å². The van der Waals surface area contributed by atoms with Crippen molar-refractivity contribution in [1.29, 1.82) is 0 Å². The Morgan fingerprint density at radius 3 is 2.71 bits per heavy atom. The zero-order valence-electron chi connectivity index (χ0n) is 12.2. The molecule has 1 aliphatic rings. The summed E-state index contributed by atoms with van der Waals surface area (Å²) in [4.78, 5) is 10.5. The number of hydrogen-bond acceptors (Lipinski definition) is 2. The van der Waals surface area contributed by atoms with Gasteiger partial charge in [0.05, 0.1) is 12.7 Å². The van der Waals surface area contributed by atoms with Crippen LogP contribution in [0.4, 0.5) is 4.39 Å². The third-order valence-electron chi connectivity index (χ3n) is 3.85. The quantitative estimate of drug-likeness (QED) is 0.834. The first-order chi connectivity index (χ1) is 10.0. The van der Waals surface area contributed by atoms with Crippen molar-refractivity contribution in [1.82, 2.24) is 0 Å². The second-order valence-electron chi connectivity index (χ2n) is 5.76. The number of ether oxygens (including phenoxy) is 1. The van der Waals surface area contributed by atoms with Gasteiger partial charge in [0, 0.05) is 6.08 Å². The summed E-state index contributed by atoms with van der Waals surface area (Å²) in [6.45, 7) is 2.62. The molecule has 0 amide bonds. The molecule has 0 bridgehead atoms. The summed E-state index contributed by atoms with van der Waals surface area (Å²) in [5.74, 6) is -0.654. The fourth-order valence-corrected chi connectivity index (χ4v) is 2.63. The van der Waals surface area contributed by atoms with E-state index in [1.54, 1.807) is 6.07 Å². The van der Waals surface area contributed by atoms with Crippen molar-refractivity contribution >= 4 is 12.0 Å². The van der Waals surface area contributed by atoms with Gasteiger partial charge in [-0.1, -0.05) is 6.92 Å². The molecule has 3 nitrogen and oxygen atoms in total. The second-order valence-corrected chi connectivity index (χ2v) is 5.76. The number of hydrogen-bond donors (Lipinski definition) is 1. The molecule has 0 unspecified atom stereocenters. The van der Waals surface area contributed by atoms with E-state index in [9.17, 15) is 9.18 Å². The van der Waals surface area contributed by atoms with E-state index < -0.39 is 5.97 Å². The number of aliphatic carboxylic acids is 1. The van der Waals surface area contributed by atoms with Crippen LogP contribution in [0, 0.1) is 11.7 Å². The predicted octanol–water partition coefficient (Wildman–Crippen LogP) is 4.02. The predicted molar refractivity (Wildman–Crippen MR) is 79.3 cm³/mol. The molecule has 1 saturated carbocycles. The van der Waals surface area contributed by atoms with Crippen molar-refractivity contribution in [2.75, 3.05) is 0 Å². The first kappa shape index (κ1) is 15.7. The molecular formula is C17H21FO3. The number of carboxylic acid groups (broad SMARTS) is 1. The van der Waals surface area contributed by atoms with Gasteiger partial charge in [-0.25, -0.2) is 9.18 Å². The van der Waals surface area contributed by atoms with Gasteiger partial charge in [0.2, 0.25) is 0 Å². The molecule has 0 aromatic heterocycles. The molecule has 0 spiro atoms. The van der Waals surface area contributed by atoms with E-state index in [1.165, 1.54) is 31.1 Å². The summed E-state index contributed by atoms with van der Waals surface area (Å²) in [5.41, 5.74) is 1.27. The molecule has 0 heterocycles. The molecule has 4 heteroatoms. The van der Waals surface area contributed by atoms with Crippen LogP contribution in [0.25, 0.3) is 6.08 Å². The average molecular weight is 292 g/mol. The van der Waals surface area contributed by atoms with Gasteiger partial charge >= 0.3 is 5.97 Å². The lowest BCUT2D eigenvalue weighted by Crippen LogP contribution is -2.20. The van der Waals surface area contributed by atoms with Crippen LogP contribution in [0.1, 0.15) is 43.7 Å². The number of benzene rings is 1. The maximum absolute atomic E-state index is 13.5. The van der Waals surface area contributed by atoms with Crippen molar-refractivity contribution in [2.45, 2.75) is 45.3 Å². The highest BCUT2D eigenvalue weighted by atomic mass is 19.1. The van der Waals surface area contributed by atoms with Crippen molar-refractivity contribution in [2.24, 2.45) is 5.92 Å². The Labute approximate surface area is 124 Å². The molecule has 1 N–H and O–H groups in total. The Morgan fingerprint density at radius 2 is 2.05 bits per heavy atom. The van der Waals surface area contributed by atoms with Crippen molar-refractivity contribution in [3.63, 3.8) is 0 Å². The van der Waals surface area contributed by atoms with Gasteiger partial charge in [-0.05, 0) is 67.0 Å². The topological polar surface area (TPSA) is 46.5 Å². The Kier molecular flexibility index (Phi) is 5.51. The number of carboxylic acids is 1. The first-order valence-electron chi connectivity index (χ1n) is 7.35. The summed E-state index contributed by atoms with van der Waals surface area (Å²) < 4.78 is 19.4. The van der Waals surface area contributed by atoms with E-state index in [0.29, 0.717) is 12.2 Å². The van der Waals surface area contributed by atoms with Gasteiger partial charge in [-0.3, -0.25) is 0 Å². The molecule has 21 heavy (non-hydrogen) atoms. The molecule has 114 valence electrons. The maximum atomic E-state index is 13.5. The van der Waals surface area contributed by atoms with Gasteiger partial charge in [0.25, 0.3) is 0 Å². The highest BCUT2D eigenvalue weighted by Gasteiger charge is 2.18. The SMILES string of the molecule is CC1CCC(OCc2cc(F)cc(C=CC(=O)O)c2)CC1. The third kappa shape index (κ3) is 5.31. The summed E-state index contributed by atoms with van der Waals surface area (Å²) in [5, 5.41) is 8.60. The lowest BCUT2D eigenvalue weighted by molar-refractivity contribution is -0.131. The molecule has 2 rings (SSSR count).